The number of rotatable bonds is 4. The van der Waals surface area contributed by atoms with Crippen LogP contribution in [0.1, 0.15) is 30.6 Å². The maximum atomic E-state index is 12.2. The molecule has 0 spiro atoms. The molecule has 0 aromatic carbocycles. The van der Waals surface area contributed by atoms with E-state index in [1.165, 1.54) is 16.2 Å². The molecule has 7 heteroatoms. The summed E-state index contributed by atoms with van der Waals surface area (Å²) in [6, 6.07) is -0.346. The van der Waals surface area contributed by atoms with E-state index in [1.807, 2.05) is 6.92 Å². The van der Waals surface area contributed by atoms with Crippen LogP contribution in [0.5, 0.6) is 0 Å². The largest absolute Gasteiger partial charge is 0.480 e. The average molecular weight is 283 g/mol. The monoisotopic (exact) mass is 283 g/mol. The first-order chi connectivity index (χ1) is 9.06. The molecule has 19 heavy (non-hydrogen) atoms. The smallest absolute Gasteiger partial charge is 0.324 e. The number of urea groups is 1. The van der Waals surface area contributed by atoms with Crippen molar-refractivity contribution in [2.45, 2.75) is 38.6 Å². The van der Waals surface area contributed by atoms with Crippen molar-refractivity contribution in [3.63, 3.8) is 0 Å². The molecule has 6 nitrogen and oxygen atoms in total. The van der Waals surface area contributed by atoms with Gasteiger partial charge in [0.2, 0.25) is 0 Å². The highest BCUT2D eigenvalue weighted by Crippen LogP contribution is 2.24. The van der Waals surface area contributed by atoms with E-state index < -0.39 is 5.97 Å². The summed E-state index contributed by atoms with van der Waals surface area (Å²) in [5.74, 6) is -0.989. The van der Waals surface area contributed by atoms with Crippen LogP contribution >= 0.6 is 11.3 Å². The Balaban J connectivity index is 2.04. The molecule has 1 aromatic heterocycles. The Kier molecular flexibility index (Phi) is 4.36. The lowest BCUT2D eigenvalue weighted by Crippen LogP contribution is -2.44. The van der Waals surface area contributed by atoms with E-state index in [0.29, 0.717) is 5.13 Å². The third-order valence-corrected chi connectivity index (χ3v) is 4.00. The first-order valence-electron chi connectivity index (χ1n) is 6.28. The van der Waals surface area contributed by atoms with E-state index in [1.54, 1.807) is 6.20 Å². The molecule has 1 aliphatic rings. The molecule has 1 aliphatic carbocycles. The third-order valence-electron chi connectivity index (χ3n) is 3.17. The minimum Gasteiger partial charge on any atom is -0.480 e. The number of carboxylic acid groups (broad SMARTS) is 1. The van der Waals surface area contributed by atoms with Crippen molar-refractivity contribution < 1.29 is 14.7 Å². The van der Waals surface area contributed by atoms with Gasteiger partial charge in [-0.15, -0.1) is 11.3 Å². The molecule has 1 aromatic rings. The number of nitrogens with one attached hydrogen (secondary N) is 1. The molecule has 0 bridgehead atoms. The van der Waals surface area contributed by atoms with Crippen molar-refractivity contribution in [1.82, 2.24) is 9.88 Å². The Morgan fingerprint density at radius 1 is 1.53 bits per heavy atom. The van der Waals surface area contributed by atoms with E-state index in [0.717, 1.165) is 30.6 Å². The minimum absolute atomic E-state index is 0.0251. The van der Waals surface area contributed by atoms with Crippen LogP contribution in [0.3, 0.4) is 0 Å². The summed E-state index contributed by atoms with van der Waals surface area (Å²) in [4.78, 5) is 29.5. The number of anilines is 1. The van der Waals surface area contributed by atoms with Gasteiger partial charge >= 0.3 is 12.0 Å². The Morgan fingerprint density at radius 2 is 2.21 bits per heavy atom. The summed E-state index contributed by atoms with van der Waals surface area (Å²) < 4.78 is 0. The number of hydrogen-bond donors (Lipinski definition) is 2. The van der Waals surface area contributed by atoms with Crippen LogP contribution in [-0.2, 0) is 4.79 Å². The molecule has 1 heterocycles. The fourth-order valence-electron chi connectivity index (χ4n) is 2.30. The van der Waals surface area contributed by atoms with Gasteiger partial charge in [0.15, 0.2) is 5.13 Å². The van der Waals surface area contributed by atoms with Gasteiger partial charge in [-0.25, -0.2) is 9.78 Å². The van der Waals surface area contributed by atoms with Crippen molar-refractivity contribution in [3.8, 4) is 0 Å². The molecule has 2 N–H and O–H groups in total. The second-order valence-corrected chi connectivity index (χ2v) is 5.90. The third kappa shape index (κ3) is 3.66. The molecule has 0 atom stereocenters. The summed E-state index contributed by atoms with van der Waals surface area (Å²) in [6.07, 6.45) is 5.52. The van der Waals surface area contributed by atoms with Crippen LogP contribution in [0, 0.1) is 6.92 Å². The van der Waals surface area contributed by atoms with Crippen LogP contribution < -0.4 is 5.32 Å². The van der Waals surface area contributed by atoms with E-state index in [9.17, 15) is 9.59 Å². The molecular formula is C12H17N3O3S. The Morgan fingerprint density at radius 3 is 2.74 bits per heavy atom. The molecule has 0 saturated heterocycles. The van der Waals surface area contributed by atoms with Gasteiger partial charge in [-0.1, -0.05) is 12.8 Å². The SMILES string of the molecule is Cc1cnc(NC(=O)N(CC(=O)O)C2CCCC2)s1. The molecule has 1 fully saturated rings. The van der Waals surface area contributed by atoms with Crippen LogP contribution in [-0.4, -0.2) is 39.6 Å². The fourth-order valence-corrected chi connectivity index (χ4v) is 2.96. The number of thiazole rings is 1. The maximum absolute atomic E-state index is 12.2. The van der Waals surface area contributed by atoms with E-state index in [-0.39, 0.29) is 18.6 Å². The second-order valence-electron chi connectivity index (χ2n) is 4.67. The van der Waals surface area contributed by atoms with Gasteiger partial charge in [0.1, 0.15) is 6.54 Å². The van der Waals surface area contributed by atoms with Gasteiger partial charge < -0.3 is 10.0 Å². The number of aromatic nitrogens is 1. The topological polar surface area (TPSA) is 82.5 Å². The molecule has 2 rings (SSSR count). The van der Waals surface area contributed by atoms with Gasteiger partial charge in [-0.2, -0.15) is 0 Å². The first kappa shape index (κ1) is 13.8. The van der Waals surface area contributed by atoms with E-state index >= 15 is 0 Å². The lowest BCUT2D eigenvalue weighted by molar-refractivity contribution is -0.138. The Hall–Kier alpha value is -1.63. The highest BCUT2D eigenvalue weighted by molar-refractivity contribution is 7.15. The molecular weight excluding hydrogens is 266 g/mol. The molecule has 1 saturated carbocycles. The standard InChI is InChI=1S/C12H17N3O3S/c1-8-6-13-11(19-8)14-12(18)15(7-10(16)17)9-4-2-3-5-9/h6,9H,2-5,7H2,1H3,(H,16,17)(H,13,14,18). The number of amides is 2. The van der Waals surface area contributed by atoms with Gasteiger partial charge in [-0.3, -0.25) is 10.1 Å². The molecule has 104 valence electrons. The average Bonchev–Trinajstić information content (AvgIpc) is 2.97. The molecule has 0 aliphatic heterocycles. The summed E-state index contributed by atoms with van der Waals surface area (Å²) in [7, 11) is 0. The van der Waals surface area contributed by atoms with E-state index in [2.05, 4.69) is 10.3 Å². The van der Waals surface area contributed by atoms with Crippen molar-refractivity contribution in [2.75, 3.05) is 11.9 Å². The highest BCUT2D eigenvalue weighted by atomic mass is 32.1. The summed E-state index contributed by atoms with van der Waals surface area (Å²) in [5.41, 5.74) is 0. The van der Waals surface area contributed by atoms with Crippen LogP contribution in [0.4, 0.5) is 9.93 Å². The second kappa shape index (κ2) is 6.01. The number of aliphatic carboxylic acids is 1. The summed E-state index contributed by atoms with van der Waals surface area (Å²) in [6.45, 7) is 1.64. The molecule has 0 radical (unpaired) electrons. The predicted octanol–water partition coefficient (Wildman–Crippen LogP) is 2.31. The number of carboxylic acids is 1. The van der Waals surface area contributed by atoms with Crippen molar-refractivity contribution in [2.24, 2.45) is 0 Å². The van der Waals surface area contributed by atoms with Gasteiger partial charge in [-0.05, 0) is 19.8 Å². The van der Waals surface area contributed by atoms with Crippen molar-refractivity contribution in [3.05, 3.63) is 11.1 Å². The highest BCUT2D eigenvalue weighted by Gasteiger charge is 2.28. The number of aryl methyl sites for hydroxylation is 1. The van der Waals surface area contributed by atoms with Crippen LogP contribution in [0.15, 0.2) is 6.20 Å². The number of nitrogens with zero attached hydrogens (tertiary/aromatic N) is 2. The number of carbonyl (C=O) groups is 2. The quantitative estimate of drug-likeness (QED) is 0.888. The Labute approximate surface area is 115 Å². The minimum atomic E-state index is -0.989. The normalized spacial score (nSPS) is 15.4. The lowest BCUT2D eigenvalue weighted by atomic mass is 10.2. The number of hydrogen-bond acceptors (Lipinski definition) is 4. The van der Waals surface area contributed by atoms with Crippen LogP contribution in [0.25, 0.3) is 0 Å². The molecule has 0 unspecified atom stereocenters. The summed E-state index contributed by atoms with van der Waals surface area (Å²) >= 11 is 1.38. The summed E-state index contributed by atoms with van der Waals surface area (Å²) in [5, 5.41) is 12.1. The predicted molar refractivity (Wildman–Crippen MR) is 72.5 cm³/mol. The fraction of sp³-hybridized carbons (Fsp3) is 0.583. The van der Waals surface area contributed by atoms with Gasteiger partial charge in [0.05, 0.1) is 0 Å². The molecule has 2 amide bonds. The van der Waals surface area contributed by atoms with Gasteiger partial charge in [0.25, 0.3) is 0 Å². The zero-order chi connectivity index (χ0) is 13.8. The number of carbonyl (C=O) groups excluding carboxylic acids is 1. The first-order valence-corrected chi connectivity index (χ1v) is 7.10. The maximum Gasteiger partial charge on any atom is 0.324 e. The van der Waals surface area contributed by atoms with E-state index in [4.69, 9.17) is 5.11 Å². The zero-order valence-electron chi connectivity index (χ0n) is 10.8. The lowest BCUT2D eigenvalue weighted by Gasteiger charge is -2.26. The van der Waals surface area contributed by atoms with Crippen LogP contribution in [0.2, 0.25) is 0 Å². The van der Waals surface area contributed by atoms with Gasteiger partial charge in [0, 0.05) is 17.1 Å². The van der Waals surface area contributed by atoms with Crippen molar-refractivity contribution >= 4 is 28.5 Å². The Bertz CT molecular complexity index is 469. The van der Waals surface area contributed by atoms with Crippen molar-refractivity contribution in [1.29, 1.82) is 0 Å². The zero-order valence-corrected chi connectivity index (χ0v) is 11.6.